The smallest absolute Gasteiger partial charge is 0.186 e. The largest absolute Gasteiger partial charge is 0.375 e. The zero-order valence-electron chi connectivity index (χ0n) is 9.13. The van der Waals surface area contributed by atoms with Gasteiger partial charge in [0.05, 0.1) is 0 Å². The van der Waals surface area contributed by atoms with Crippen LogP contribution in [0.15, 0.2) is 40.2 Å². The van der Waals surface area contributed by atoms with Crippen LogP contribution in [0.25, 0.3) is 22.7 Å². The van der Waals surface area contributed by atoms with Crippen molar-refractivity contribution in [3.05, 3.63) is 40.7 Å². The van der Waals surface area contributed by atoms with Gasteiger partial charge in [0, 0.05) is 22.0 Å². The van der Waals surface area contributed by atoms with Crippen LogP contribution in [0.2, 0.25) is 5.02 Å². The first-order valence-corrected chi connectivity index (χ1v) is 6.42. The molecule has 2 aromatic heterocycles. The van der Waals surface area contributed by atoms with Crippen molar-refractivity contribution in [1.29, 1.82) is 0 Å². The van der Waals surface area contributed by atoms with E-state index >= 15 is 0 Å². The number of halogens is 1. The molecular weight excluding hydrogens is 270 g/mol. The van der Waals surface area contributed by atoms with E-state index in [1.165, 1.54) is 11.3 Å². The van der Waals surface area contributed by atoms with E-state index in [9.17, 15) is 0 Å². The summed E-state index contributed by atoms with van der Waals surface area (Å²) in [5.74, 6) is 0.605. The molecule has 90 valence electrons. The molecule has 18 heavy (non-hydrogen) atoms. The van der Waals surface area contributed by atoms with Gasteiger partial charge in [0.2, 0.25) is 0 Å². The van der Waals surface area contributed by atoms with Gasteiger partial charge in [-0.2, -0.15) is 0 Å². The third-order valence-corrected chi connectivity index (χ3v) is 3.35. The van der Waals surface area contributed by atoms with Crippen LogP contribution in [-0.4, -0.2) is 10.1 Å². The molecule has 0 atom stereocenters. The normalized spacial score (nSPS) is 10.7. The van der Waals surface area contributed by atoms with E-state index in [1.54, 1.807) is 0 Å². The molecule has 0 spiro atoms. The lowest BCUT2D eigenvalue weighted by atomic mass is 10.1. The standard InChI is InChI=1S/C12H8ClN3OS/c13-8-3-1-7(2-4-8)9-5-11(17-16-9)10-6-18-12(14)15-10/h1-6H,(H2,14,15). The molecule has 6 heteroatoms. The van der Waals surface area contributed by atoms with Gasteiger partial charge in [-0.1, -0.05) is 28.9 Å². The molecule has 3 rings (SSSR count). The summed E-state index contributed by atoms with van der Waals surface area (Å²) in [5.41, 5.74) is 7.97. The lowest BCUT2D eigenvalue weighted by Crippen LogP contribution is -1.81. The van der Waals surface area contributed by atoms with Gasteiger partial charge in [0.25, 0.3) is 0 Å². The molecule has 0 aliphatic rings. The van der Waals surface area contributed by atoms with Gasteiger partial charge in [0.15, 0.2) is 10.9 Å². The highest BCUT2D eigenvalue weighted by atomic mass is 35.5. The minimum absolute atomic E-state index is 0.509. The van der Waals surface area contributed by atoms with Crippen molar-refractivity contribution in [2.45, 2.75) is 0 Å². The van der Waals surface area contributed by atoms with Crippen molar-refractivity contribution < 1.29 is 4.52 Å². The van der Waals surface area contributed by atoms with Crippen molar-refractivity contribution >= 4 is 28.1 Å². The summed E-state index contributed by atoms with van der Waals surface area (Å²) in [6.45, 7) is 0. The van der Waals surface area contributed by atoms with Gasteiger partial charge in [-0.05, 0) is 12.1 Å². The second-order valence-electron chi connectivity index (χ2n) is 3.65. The van der Waals surface area contributed by atoms with Crippen LogP contribution in [0.5, 0.6) is 0 Å². The molecule has 0 saturated carbocycles. The Morgan fingerprint density at radius 1 is 1.17 bits per heavy atom. The molecule has 1 aromatic carbocycles. The fourth-order valence-corrected chi connectivity index (χ4v) is 2.23. The van der Waals surface area contributed by atoms with Crippen molar-refractivity contribution in [2.24, 2.45) is 0 Å². The van der Waals surface area contributed by atoms with E-state index in [0.717, 1.165) is 11.3 Å². The highest BCUT2D eigenvalue weighted by molar-refractivity contribution is 7.13. The summed E-state index contributed by atoms with van der Waals surface area (Å²) in [5, 5.41) is 7.04. The molecule has 4 nitrogen and oxygen atoms in total. The number of nitrogens with two attached hydrogens (primary N) is 1. The first-order valence-electron chi connectivity index (χ1n) is 5.16. The lowest BCUT2D eigenvalue weighted by molar-refractivity contribution is 0.434. The van der Waals surface area contributed by atoms with Gasteiger partial charge in [-0.25, -0.2) is 4.98 Å². The number of thiazole rings is 1. The monoisotopic (exact) mass is 277 g/mol. The summed E-state index contributed by atoms with van der Waals surface area (Å²) < 4.78 is 5.25. The minimum atomic E-state index is 0.509. The number of nitrogen functional groups attached to an aromatic ring is 1. The topological polar surface area (TPSA) is 64.9 Å². The van der Waals surface area contributed by atoms with Crippen molar-refractivity contribution in [2.75, 3.05) is 5.73 Å². The maximum atomic E-state index is 5.84. The molecule has 3 aromatic rings. The number of anilines is 1. The fourth-order valence-electron chi connectivity index (χ4n) is 1.55. The molecule has 0 radical (unpaired) electrons. The quantitative estimate of drug-likeness (QED) is 0.776. The Morgan fingerprint density at radius 2 is 1.94 bits per heavy atom. The molecule has 0 fully saturated rings. The number of nitrogens with zero attached hydrogens (tertiary/aromatic N) is 2. The summed E-state index contributed by atoms with van der Waals surface area (Å²) in [6, 6.07) is 9.23. The molecule has 0 unspecified atom stereocenters. The van der Waals surface area contributed by atoms with Gasteiger partial charge in [0.1, 0.15) is 11.4 Å². The molecule has 0 bridgehead atoms. The molecule has 0 aliphatic heterocycles. The Morgan fingerprint density at radius 3 is 2.61 bits per heavy atom. The third-order valence-electron chi connectivity index (χ3n) is 2.42. The molecular formula is C12H8ClN3OS. The minimum Gasteiger partial charge on any atom is -0.375 e. The van der Waals surface area contributed by atoms with Crippen LogP contribution < -0.4 is 5.73 Å². The Hall–Kier alpha value is -1.85. The van der Waals surface area contributed by atoms with Gasteiger partial charge in [-0.15, -0.1) is 11.3 Å². The summed E-state index contributed by atoms with van der Waals surface area (Å²) in [7, 11) is 0. The molecule has 2 N–H and O–H groups in total. The van der Waals surface area contributed by atoms with Crippen LogP contribution in [0.4, 0.5) is 5.13 Å². The second kappa shape index (κ2) is 4.44. The van der Waals surface area contributed by atoms with Crippen molar-refractivity contribution in [3.8, 4) is 22.7 Å². The zero-order valence-corrected chi connectivity index (χ0v) is 10.7. The third kappa shape index (κ3) is 2.10. The van der Waals surface area contributed by atoms with Crippen LogP contribution in [-0.2, 0) is 0 Å². The predicted octanol–water partition coefficient (Wildman–Crippen LogP) is 3.70. The van der Waals surface area contributed by atoms with Crippen LogP contribution in [0.3, 0.4) is 0 Å². The summed E-state index contributed by atoms with van der Waals surface area (Å²) in [4.78, 5) is 4.14. The summed E-state index contributed by atoms with van der Waals surface area (Å²) >= 11 is 7.20. The van der Waals surface area contributed by atoms with Crippen molar-refractivity contribution in [3.63, 3.8) is 0 Å². The van der Waals surface area contributed by atoms with E-state index in [4.69, 9.17) is 21.9 Å². The van der Waals surface area contributed by atoms with Gasteiger partial charge < -0.3 is 10.3 Å². The zero-order chi connectivity index (χ0) is 12.5. The van der Waals surface area contributed by atoms with Crippen LogP contribution in [0, 0.1) is 0 Å². The predicted molar refractivity (Wildman–Crippen MR) is 72.5 cm³/mol. The van der Waals surface area contributed by atoms with E-state index in [1.807, 2.05) is 35.7 Å². The van der Waals surface area contributed by atoms with E-state index < -0.39 is 0 Å². The number of benzene rings is 1. The lowest BCUT2D eigenvalue weighted by Gasteiger charge is -1.93. The number of aromatic nitrogens is 2. The Bertz CT molecular complexity index is 675. The first-order chi connectivity index (χ1) is 8.72. The Labute approximate surface area is 112 Å². The van der Waals surface area contributed by atoms with E-state index in [0.29, 0.717) is 21.6 Å². The van der Waals surface area contributed by atoms with Crippen LogP contribution >= 0.6 is 22.9 Å². The molecule has 0 amide bonds. The molecule has 0 aliphatic carbocycles. The molecule has 2 heterocycles. The number of hydrogen-bond acceptors (Lipinski definition) is 5. The average Bonchev–Trinajstić information content (AvgIpc) is 2.98. The highest BCUT2D eigenvalue weighted by Crippen LogP contribution is 2.28. The van der Waals surface area contributed by atoms with E-state index in [2.05, 4.69) is 10.1 Å². The van der Waals surface area contributed by atoms with Gasteiger partial charge in [-0.3, -0.25) is 0 Å². The summed E-state index contributed by atoms with van der Waals surface area (Å²) in [6.07, 6.45) is 0. The average molecular weight is 278 g/mol. The SMILES string of the molecule is Nc1nc(-c2cc(-c3ccc(Cl)cc3)no2)cs1. The maximum Gasteiger partial charge on any atom is 0.186 e. The Balaban J connectivity index is 1.96. The number of hydrogen-bond donors (Lipinski definition) is 1. The van der Waals surface area contributed by atoms with Crippen LogP contribution in [0.1, 0.15) is 0 Å². The number of rotatable bonds is 2. The molecule has 0 saturated heterocycles. The highest BCUT2D eigenvalue weighted by Gasteiger charge is 2.11. The maximum absolute atomic E-state index is 5.84. The second-order valence-corrected chi connectivity index (χ2v) is 4.98. The van der Waals surface area contributed by atoms with E-state index in [-0.39, 0.29) is 0 Å². The Kier molecular flexibility index (Phi) is 2.77. The first kappa shape index (κ1) is 11.3. The van der Waals surface area contributed by atoms with Gasteiger partial charge >= 0.3 is 0 Å². The van der Waals surface area contributed by atoms with Crippen molar-refractivity contribution in [1.82, 2.24) is 10.1 Å². The fraction of sp³-hybridized carbons (Fsp3) is 0.